The smallest absolute Gasteiger partial charge is 0.0548 e. The van der Waals surface area contributed by atoms with Crippen molar-refractivity contribution in [2.45, 2.75) is 0 Å². The van der Waals surface area contributed by atoms with Crippen molar-refractivity contribution in [3.63, 3.8) is 0 Å². The minimum atomic E-state index is 1.16. The molecular formula is C50H30N2S. The summed E-state index contributed by atoms with van der Waals surface area (Å²) < 4.78 is 7.59. The second-order valence-electron chi connectivity index (χ2n) is 14.1. The minimum Gasteiger partial charge on any atom is -0.309 e. The summed E-state index contributed by atoms with van der Waals surface area (Å²) >= 11 is 1.87. The summed E-state index contributed by atoms with van der Waals surface area (Å²) in [4.78, 5) is 0. The molecule has 12 aromatic rings. The van der Waals surface area contributed by atoms with Crippen LogP contribution in [0.15, 0.2) is 182 Å². The third-order valence-electron chi connectivity index (χ3n) is 11.3. The van der Waals surface area contributed by atoms with Gasteiger partial charge in [-0.15, -0.1) is 11.3 Å². The van der Waals surface area contributed by atoms with Crippen molar-refractivity contribution >= 4 is 96.7 Å². The average molecular weight is 691 g/mol. The Labute approximate surface area is 309 Å². The minimum absolute atomic E-state index is 1.16. The molecular weight excluding hydrogens is 661 g/mol. The van der Waals surface area contributed by atoms with Gasteiger partial charge >= 0.3 is 0 Å². The molecule has 53 heavy (non-hydrogen) atoms. The molecule has 0 aliphatic rings. The Morgan fingerprint density at radius 1 is 0.302 bits per heavy atom. The first kappa shape index (κ1) is 29.0. The van der Waals surface area contributed by atoms with E-state index in [9.17, 15) is 0 Å². The lowest BCUT2D eigenvalue weighted by molar-refractivity contribution is 1.18. The van der Waals surface area contributed by atoms with Gasteiger partial charge in [0.05, 0.1) is 22.1 Å². The maximum atomic E-state index is 2.49. The van der Waals surface area contributed by atoms with E-state index in [1.807, 2.05) is 11.3 Å². The number of thiophene rings is 1. The van der Waals surface area contributed by atoms with Gasteiger partial charge in [-0.2, -0.15) is 0 Å². The first-order chi connectivity index (χ1) is 26.3. The van der Waals surface area contributed by atoms with Gasteiger partial charge in [0.25, 0.3) is 0 Å². The molecule has 12 rings (SSSR count). The predicted octanol–water partition coefficient (Wildman–Crippen LogP) is 14.2. The quantitative estimate of drug-likeness (QED) is 0.175. The van der Waals surface area contributed by atoms with Crippen LogP contribution in [0.4, 0.5) is 0 Å². The number of benzene rings is 9. The molecule has 0 bridgehead atoms. The molecule has 3 heterocycles. The zero-order valence-electron chi connectivity index (χ0n) is 28.6. The maximum absolute atomic E-state index is 2.49. The van der Waals surface area contributed by atoms with Gasteiger partial charge in [0.15, 0.2) is 0 Å². The molecule has 0 aliphatic heterocycles. The van der Waals surface area contributed by atoms with E-state index < -0.39 is 0 Å². The summed E-state index contributed by atoms with van der Waals surface area (Å²) in [5.41, 5.74) is 9.63. The number of aromatic nitrogens is 2. The van der Waals surface area contributed by atoms with E-state index in [-0.39, 0.29) is 0 Å². The molecule has 0 radical (unpaired) electrons. The van der Waals surface area contributed by atoms with Crippen LogP contribution in [0.5, 0.6) is 0 Å². The lowest BCUT2D eigenvalue weighted by Gasteiger charge is -2.11. The van der Waals surface area contributed by atoms with E-state index in [0.29, 0.717) is 0 Å². The predicted molar refractivity (Wildman–Crippen MR) is 228 cm³/mol. The molecule has 9 aromatic carbocycles. The summed E-state index contributed by atoms with van der Waals surface area (Å²) in [6, 6.07) is 67.4. The molecule has 0 saturated carbocycles. The fraction of sp³-hybridized carbons (Fsp3) is 0. The summed E-state index contributed by atoms with van der Waals surface area (Å²) in [5, 5.41) is 12.7. The van der Waals surface area contributed by atoms with Crippen molar-refractivity contribution in [2.24, 2.45) is 0 Å². The lowest BCUT2D eigenvalue weighted by Crippen LogP contribution is -1.95. The third kappa shape index (κ3) is 4.20. The largest absolute Gasteiger partial charge is 0.309 e. The highest BCUT2D eigenvalue weighted by atomic mass is 32.1. The summed E-state index contributed by atoms with van der Waals surface area (Å²) in [6.07, 6.45) is 0. The molecule has 0 unspecified atom stereocenters. The zero-order chi connectivity index (χ0) is 34.6. The van der Waals surface area contributed by atoms with E-state index in [1.54, 1.807) is 0 Å². The maximum Gasteiger partial charge on any atom is 0.0548 e. The first-order valence-electron chi connectivity index (χ1n) is 18.2. The third-order valence-corrected chi connectivity index (χ3v) is 12.4. The Morgan fingerprint density at radius 3 is 1.55 bits per heavy atom. The zero-order valence-corrected chi connectivity index (χ0v) is 29.4. The van der Waals surface area contributed by atoms with Crippen molar-refractivity contribution in [3.05, 3.63) is 182 Å². The van der Waals surface area contributed by atoms with Crippen LogP contribution >= 0.6 is 11.3 Å². The standard InChI is InChI=1S/C50H30N2S/c1-3-11-33-27-37(21-17-31(33)9-1)51-43-15-7-5-14-40(43)49-44(51)24-25-45-50(49)41-23-19-36(35-20-26-48-42(29-35)39-13-6-8-16-47(39)53-48)30-46(41)52(45)38-22-18-32-10-2-4-12-34(32)28-38/h1-30H. The number of rotatable bonds is 3. The van der Waals surface area contributed by atoms with Crippen LogP contribution in [-0.4, -0.2) is 9.13 Å². The van der Waals surface area contributed by atoms with Gasteiger partial charge in [-0.1, -0.05) is 115 Å². The molecule has 0 spiro atoms. The normalized spacial score (nSPS) is 12.2. The van der Waals surface area contributed by atoms with Gasteiger partial charge in [-0.25, -0.2) is 0 Å². The summed E-state index contributed by atoms with van der Waals surface area (Å²) in [5.74, 6) is 0. The first-order valence-corrected chi connectivity index (χ1v) is 19.0. The van der Waals surface area contributed by atoms with Crippen molar-refractivity contribution in [3.8, 4) is 22.5 Å². The molecule has 0 fully saturated rings. The number of fused-ring (bicyclic) bond motifs is 12. The highest BCUT2D eigenvalue weighted by Crippen LogP contribution is 2.44. The molecule has 0 saturated heterocycles. The molecule has 0 amide bonds. The fourth-order valence-electron chi connectivity index (χ4n) is 8.84. The van der Waals surface area contributed by atoms with Gasteiger partial charge in [-0.05, 0) is 99.4 Å². The molecule has 246 valence electrons. The summed E-state index contributed by atoms with van der Waals surface area (Å²) in [7, 11) is 0. The van der Waals surface area contributed by atoms with Crippen LogP contribution in [0.25, 0.3) is 108 Å². The Balaban J connectivity index is 1.18. The van der Waals surface area contributed by atoms with Gasteiger partial charge in [0.2, 0.25) is 0 Å². The van der Waals surface area contributed by atoms with Crippen molar-refractivity contribution in [1.82, 2.24) is 9.13 Å². The molecule has 0 N–H and O–H groups in total. The number of nitrogens with zero attached hydrogens (tertiary/aromatic N) is 2. The molecule has 3 heteroatoms. The van der Waals surface area contributed by atoms with Gasteiger partial charge in [0, 0.05) is 53.1 Å². The van der Waals surface area contributed by atoms with Crippen molar-refractivity contribution in [1.29, 1.82) is 0 Å². The Morgan fingerprint density at radius 2 is 0.830 bits per heavy atom. The Kier molecular flexibility index (Phi) is 5.96. The van der Waals surface area contributed by atoms with E-state index in [4.69, 9.17) is 0 Å². The SMILES string of the molecule is c1ccc2cc(-n3c4ccccc4c4c5c6ccc(-c7ccc8sc9ccccc9c8c7)cc6n(-c6ccc7ccccc7c6)c5ccc43)ccc2c1. The molecule has 3 aromatic heterocycles. The van der Waals surface area contributed by atoms with E-state index in [1.165, 1.54) is 102 Å². The Bertz CT molecular complexity index is 3470. The van der Waals surface area contributed by atoms with Crippen molar-refractivity contribution < 1.29 is 0 Å². The molecule has 0 atom stereocenters. The number of hydrogen-bond acceptors (Lipinski definition) is 1. The monoisotopic (exact) mass is 690 g/mol. The lowest BCUT2D eigenvalue weighted by atomic mass is 10.00. The average Bonchev–Trinajstić information content (AvgIpc) is 3.87. The van der Waals surface area contributed by atoms with E-state index in [2.05, 4.69) is 191 Å². The van der Waals surface area contributed by atoms with Crippen LogP contribution < -0.4 is 0 Å². The van der Waals surface area contributed by atoms with Crippen LogP contribution in [0.2, 0.25) is 0 Å². The van der Waals surface area contributed by atoms with Crippen LogP contribution in [0.1, 0.15) is 0 Å². The Hall–Kier alpha value is -6.68. The molecule has 0 aliphatic carbocycles. The second-order valence-corrected chi connectivity index (χ2v) is 15.2. The molecule has 2 nitrogen and oxygen atoms in total. The van der Waals surface area contributed by atoms with Gasteiger partial charge in [-0.3, -0.25) is 0 Å². The fourth-order valence-corrected chi connectivity index (χ4v) is 9.93. The van der Waals surface area contributed by atoms with Gasteiger partial charge < -0.3 is 9.13 Å². The van der Waals surface area contributed by atoms with Gasteiger partial charge in [0.1, 0.15) is 0 Å². The van der Waals surface area contributed by atoms with E-state index >= 15 is 0 Å². The highest BCUT2D eigenvalue weighted by molar-refractivity contribution is 7.25. The topological polar surface area (TPSA) is 9.86 Å². The number of para-hydroxylation sites is 1. The van der Waals surface area contributed by atoms with Crippen LogP contribution in [-0.2, 0) is 0 Å². The number of hydrogen-bond donors (Lipinski definition) is 0. The van der Waals surface area contributed by atoms with Crippen LogP contribution in [0, 0.1) is 0 Å². The van der Waals surface area contributed by atoms with Crippen LogP contribution in [0.3, 0.4) is 0 Å². The summed E-state index contributed by atoms with van der Waals surface area (Å²) in [6.45, 7) is 0. The highest BCUT2D eigenvalue weighted by Gasteiger charge is 2.21. The second kappa shape index (κ2) is 10.9. The van der Waals surface area contributed by atoms with E-state index in [0.717, 1.165) is 5.69 Å². The van der Waals surface area contributed by atoms with Crippen molar-refractivity contribution in [2.75, 3.05) is 0 Å².